The first kappa shape index (κ1) is 27.4. The van der Waals surface area contributed by atoms with Crippen LogP contribution < -0.4 is 14.4 Å². The molecule has 2 aromatic carbocycles. The Labute approximate surface area is 202 Å². The monoisotopic (exact) mass is 523 g/mol. The van der Waals surface area contributed by atoms with Crippen LogP contribution >= 0.6 is 0 Å². The lowest BCUT2D eigenvalue weighted by Crippen LogP contribution is -2.44. The van der Waals surface area contributed by atoms with Gasteiger partial charge in [0.2, 0.25) is 0 Å². The summed E-state index contributed by atoms with van der Waals surface area (Å²) in [6.45, 7) is 3.21. The predicted molar refractivity (Wildman–Crippen MR) is 116 cm³/mol. The van der Waals surface area contributed by atoms with Gasteiger partial charge in [0, 0.05) is 18.0 Å². The normalized spacial score (nSPS) is 18.9. The molecular formula is C24H24F7NO4. The number of hydrogen-bond donors (Lipinski definition) is 0. The lowest BCUT2D eigenvalue weighted by molar-refractivity contribution is -0.143. The molecule has 0 saturated heterocycles. The Bertz CT molecular complexity index is 1080. The lowest BCUT2D eigenvalue weighted by atomic mass is 9.80. The highest BCUT2D eigenvalue weighted by molar-refractivity contribution is 5.91. The zero-order valence-corrected chi connectivity index (χ0v) is 19.8. The van der Waals surface area contributed by atoms with Gasteiger partial charge < -0.3 is 14.2 Å². The van der Waals surface area contributed by atoms with E-state index in [2.05, 4.69) is 0 Å². The number of hydrogen-bond acceptors (Lipinski definition) is 4. The number of rotatable bonds is 5. The van der Waals surface area contributed by atoms with Crippen molar-refractivity contribution < 1.29 is 49.7 Å². The topological polar surface area (TPSA) is 48.0 Å². The van der Waals surface area contributed by atoms with Gasteiger partial charge in [-0.15, -0.1) is 0 Å². The van der Waals surface area contributed by atoms with Crippen molar-refractivity contribution in [2.24, 2.45) is 0 Å². The Kier molecular flexibility index (Phi) is 7.66. The van der Waals surface area contributed by atoms with Crippen molar-refractivity contribution in [3.8, 4) is 11.5 Å². The molecule has 12 heteroatoms. The van der Waals surface area contributed by atoms with Gasteiger partial charge in [-0.25, -0.2) is 9.18 Å². The van der Waals surface area contributed by atoms with E-state index in [9.17, 15) is 31.1 Å². The van der Waals surface area contributed by atoms with Crippen molar-refractivity contribution in [1.29, 1.82) is 0 Å². The average Bonchev–Trinajstić information content (AvgIpc) is 2.80. The zero-order chi connectivity index (χ0) is 27.0. The first-order valence-electron chi connectivity index (χ1n) is 10.9. The van der Waals surface area contributed by atoms with Crippen molar-refractivity contribution >= 4 is 11.8 Å². The number of carbonyl (C=O) groups is 1. The summed E-state index contributed by atoms with van der Waals surface area (Å²) in [7, 11) is 2.64. The molecule has 1 aliphatic heterocycles. The molecule has 0 saturated carbocycles. The molecule has 5 nitrogen and oxygen atoms in total. The third kappa shape index (κ3) is 5.31. The number of nitrogens with zero attached hydrogens (tertiary/aromatic N) is 1. The Morgan fingerprint density at radius 3 is 1.97 bits per heavy atom. The first-order chi connectivity index (χ1) is 16.7. The number of anilines is 1. The molecule has 0 aromatic heterocycles. The molecule has 0 aliphatic carbocycles. The number of methoxy groups -OCH3 is 2. The number of ether oxygens (including phenoxy) is 3. The number of carbonyl (C=O) groups excluding carboxylic acids is 1. The van der Waals surface area contributed by atoms with E-state index in [1.807, 2.05) is 0 Å². The fraction of sp³-hybridized carbons (Fsp3) is 0.458. The second-order valence-electron chi connectivity index (χ2n) is 8.27. The molecule has 0 spiro atoms. The van der Waals surface area contributed by atoms with E-state index in [0.29, 0.717) is 12.1 Å². The second kappa shape index (κ2) is 10.1. The Hall–Kier alpha value is -3.18. The van der Waals surface area contributed by atoms with Crippen LogP contribution in [-0.4, -0.2) is 33.0 Å². The van der Waals surface area contributed by atoms with Crippen molar-refractivity contribution in [1.82, 2.24) is 0 Å². The quantitative estimate of drug-likeness (QED) is 0.386. The summed E-state index contributed by atoms with van der Waals surface area (Å²) in [5.74, 6) is -0.871. The van der Waals surface area contributed by atoms with Crippen molar-refractivity contribution in [2.75, 3.05) is 25.7 Å². The number of halogens is 7. The van der Waals surface area contributed by atoms with Crippen LogP contribution in [0.1, 0.15) is 54.6 Å². The minimum atomic E-state index is -5.12. The van der Waals surface area contributed by atoms with Gasteiger partial charge in [0.1, 0.15) is 6.17 Å². The van der Waals surface area contributed by atoms with E-state index in [0.717, 1.165) is 0 Å². The summed E-state index contributed by atoms with van der Waals surface area (Å²) in [4.78, 5) is 13.9. The van der Waals surface area contributed by atoms with Crippen LogP contribution in [0.25, 0.3) is 0 Å². The smallest absolute Gasteiger partial charge is 0.416 e. The summed E-state index contributed by atoms with van der Waals surface area (Å²) in [5.41, 5.74) is -3.70. The predicted octanol–water partition coefficient (Wildman–Crippen LogP) is 7.29. The van der Waals surface area contributed by atoms with Crippen molar-refractivity contribution in [3.05, 3.63) is 52.6 Å². The SMILES string of the molecule is CCOC(=O)N1c2cc(OC)c(OC)cc2C(C(F)c2cc(C(F)(F)F)cc(C(F)(F)F)c2)C[C@@H]1C. The molecule has 3 atom stereocenters. The third-order valence-corrected chi connectivity index (χ3v) is 5.97. The van der Waals surface area contributed by atoms with Crippen molar-refractivity contribution in [3.63, 3.8) is 0 Å². The van der Waals surface area contributed by atoms with E-state index in [1.165, 1.54) is 31.3 Å². The molecule has 36 heavy (non-hydrogen) atoms. The minimum Gasteiger partial charge on any atom is -0.493 e. The molecule has 1 aliphatic rings. The third-order valence-electron chi connectivity index (χ3n) is 5.97. The van der Waals surface area contributed by atoms with Gasteiger partial charge in [-0.2, -0.15) is 26.3 Å². The molecular weight excluding hydrogens is 499 g/mol. The standard InChI is InChI=1S/C24H24F7NO4/c1-5-36-22(33)32-12(2)6-17(16-10-19(34-3)20(35-4)11-18(16)32)21(25)13-7-14(23(26,27)28)9-15(8-13)24(29,30)31/h7-12,17,21H,5-6H2,1-4H3/t12-,17?,21?/m0/s1. The summed E-state index contributed by atoms with van der Waals surface area (Å²) >= 11 is 0. The Morgan fingerprint density at radius 2 is 1.50 bits per heavy atom. The Balaban J connectivity index is 2.20. The Morgan fingerprint density at radius 1 is 0.972 bits per heavy atom. The fourth-order valence-electron chi connectivity index (χ4n) is 4.35. The second-order valence-corrected chi connectivity index (χ2v) is 8.27. The highest BCUT2D eigenvalue weighted by atomic mass is 19.4. The van der Waals surface area contributed by atoms with Gasteiger partial charge >= 0.3 is 18.4 Å². The number of fused-ring (bicyclic) bond motifs is 1. The van der Waals surface area contributed by atoms with Crippen LogP contribution in [0.15, 0.2) is 30.3 Å². The maximum atomic E-state index is 16.0. The molecule has 1 amide bonds. The summed E-state index contributed by atoms with van der Waals surface area (Å²) in [6, 6.07) is 2.76. The van der Waals surface area contributed by atoms with Gasteiger partial charge in [0.25, 0.3) is 0 Å². The highest BCUT2D eigenvalue weighted by Gasteiger charge is 2.42. The summed E-state index contributed by atoms with van der Waals surface area (Å²) < 4.78 is 112. The van der Waals surface area contributed by atoms with Crippen LogP contribution in [0.3, 0.4) is 0 Å². The maximum Gasteiger partial charge on any atom is 0.416 e. The minimum absolute atomic E-state index is 0.0459. The maximum absolute atomic E-state index is 16.0. The average molecular weight is 523 g/mol. The fourth-order valence-corrected chi connectivity index (χ4v) is 4.35. The van der Waals surface area contributed by atoms with Gasteiger partial charge in [-0.3, -0.25) is 4.90 Å². The molecule has 0 N–H and O–H groups in total. The van der Waals surface area contributed by atoms with E-state index in [-0.39, 0.29) is 41.8 Å². The summed E-state index contributed by atoms with van der Waals surface area (Å²) in [6.07, 6.45) is -13.4. The first-order valence-corrected chi connectivity index (χ1v) is 10.9. The van der Waals surface area contributed by atoms with Crippen LogP contribution in [0.2, 0.25) is 0 Å². The molecule has 1 heterocycles. The number of benzene rings is 2. The van der Waals surface area contributed by atoms with Gasteiger partial charge in [-0.1, -0.05) is 0 Å². The van der Waals surface area contributed by atoms with Gasteiger partial charge in [-0.05, 0) is 55.7 Å². The largest absolute Gasteiger partial charge is 0.493 e. The van der Waals surface area contributed by atoms with Crippen LogP contribution in [0.5, 0.6) is 11.5 Å². The van der Waals surface area contributed by atoms with E-state index >= 15 is 4.39 Å². The molecule has 2 aromatic rings. The number of alkyl halides is 7. The molecule has 198 valence electrons. The molecule has 0 bridgehead atoms. The van der Waals surface area contributed by atoms with Gasteiger partial charge in [0.15, 0.2) is 11.5 Å². The zero-order valence-electron chi connectivity index (χ0n) is 19.8. The van der Waals surface area contributed by atoms with Crippen LogP contribution in [0.4, 0.5) is 41.2 Å². The molecule has 0 radical (unpaired) electrons. The molecule has 3 rings (SSSR count). The molecule has 0 fully saturated rings. The highest BCUT2D eigenvalue weighted by Crippen LogP contribution is 2.51. The van der Waals surface area contributed by atoms with Crippen LogP contribution in [0, 0.1) is 0 Å². The van der Waals surface area contributed by atoms with E-state index in [1.54, 1.807) is 13.8 Å². The van der Waals surface area contributed by atoms with E-state index < -0.39 is 53.3 Å². The lowest BCUT2D eigenvalue weighted by Gasteiger charge is -2.40. The van der Waals surface area contributed by atoms with Crippen LogP contribution in [-0.2, 0) is 17.1 Å². The molecule has 2 unspecified atom stereocenters. The van der Waals surface area contributed by atoms with E-state index in [4.69, 9.17) is 14.2 Å². The van der Waals surface area contributed by atoms with Gasteiger partial charge in [0.05, 0.1) is 37.6 Å². The number of amides is 1. The van der Waals surface area contributed by atoms with Crippen molar-refractivity contribution in [2.45, 2.75) is 50.8 Å². The summed E-state index contributed by atoms with van der Waals surface area (Å²) in [5, 5.41) is 0.